The molecule has 3 heteroatoms. The molecule has 0 amide bonds. The Bertz CT molecular complexity index is 596. The second-order valence-corrected chi connectivity index (χ2v) is 6.62. The molecule has 0 spiro atoms. The summed E-state index contributed by atoms with van der Waals surface area (Å²) in [7, 11) is 2.15. The van der Waals surface area contributed by atoms with Crippen molar-refractivity contribution in [1.29, 1.82) is 0 Å². The molecule has 2 aromatic rings. The van der Waals surface area contributed by atoms with Crippen LogP contribution in [-0.4, -0.2) is 42.2 Å². The van der Waals surface area contributed by atoms with E-state index in [1.54, 1.807) is 0 Å². The Morgan fingerprint density at radius 1 is 1.23 bits per heavy atom. The summed E-state index contributed by atoms with van der Waals surface area (Å²) >= 11 is 0. The lowest BCUT2D eigenvalue weighted by atomic mass is 9.97. The number of likely N-dealkylation sites (N-methyl/N-ethyl adjacent to an activating group) is 1. The molecule has 1 N–H and O–H groups in total. The van der Waals surface area contributed by atoms with Gasteiger partial charge in [0.2, 0.25) is 0 Å². The Hall–Kier alpha value is -1.32. The number of fused-ring (bicyclic) bond motifs is 1. The fourth-order valence-corrected chi connectivity index (χ4v) is 3.71. The van der Waals surface area contributed by atoms with E-state index in [-0.39, 0.29) is 0 Å². The summed E-state index contributed by atoms with van der Waals surface area (Å²) in [5, 5.41) is 4.88. The molecule has 1 aliphatic heterocycles. The molecule has 3 nitrogen and oxygen atoms in total. The van der Waals surface area contributed by atoms with Gasteiger partial charge in [0.25, 0.3) is 0 Å². The molecule has 0 saturated carbocycles. The van der Waals surface area contributed by atoms with E-state index in [1.807, 2.05) is 0 Å². The molecular weight excluding hydrogens is 270 g/mol. The van der Waals surface area contributed by atoms with Gasteiger partial charge < -0.3 is 14.8 Å². The third-order valence-corrected chi connectivity index (χ3v) is 5.10. The molecule has 3 rings (SSSR count). The average Bonchev–Trinajstić information content (AvgIpc) is 2.89. The lowest BCUT2D eigenvalue weighted by Gasteiger charge is -2.29. The molecule has 0 unspecified atom stereocenters. The Kier molecular flexibility index (Phi) is 5.16. The highest BCUT2D eigenvalue weighted by molar-refractivity contribution is 5.83. The fraction of sp³-hybridized carbons (Fsp3) is 0.579. The van der Waals surface area contributed by atoms with Crippen LogP contribution in [0, 0.1) is 5.92 Å². The van der Waals surface area contributed by atoms with Gasteiger partial charge in [-0.1, -0.05) is 25.1 Å². The van der Waals surface area contributed by atoms with E-state index in [1.165, 1.54) is 55.5 Å². The van der Waals surface area contributed by atoms with Gasteiger partial charge in [0.05, 0.1) is 0 Å². The first kappa shape index (κ1) is 15.6. The van der Waals surface area contributed by atoms with E-state index < -0.39 is 0 Å². The number of rotatable bonds is 6. The fourth-order valence-electron chi connectivity index (χ4n) is 3.71. The van der Waals surface area contributed by atoms with E-state index in [9.17, 15) is 0 Å². The maximum atomic E-state index is 3.47. The molecule has 0 radical (unpaired) electrons. The van der Waals surface area contributed by atoms with Crippen LogP contribution in [0.2, 0.25) is 0 Å². The van der Waals surface area contributed by atoms with Crippen molar-refractivity contribution in [2.24, 2.45) is 13.0 Å². The molecule has 1 saturated heterocycles. The molecule has 1 aromatic carbocycles. The van der Waals surface area contributed by atoms with Gasteiger partial charge in [-0.2, -0.15) is 0 Å². The highest BCUT2D eigenvalue weighted by atomic mass is 15.1. The molecule has 22 heavy (non-hydrogen) atoms. The quantitative estimate of drug-likeness (QED) is 0.885. The number of piperidine rings is 1. The number of nitrogens with one attached hydrogen (secondary N) is 1. The second-order valence-electron chi connectivity index (χ2n) is 6.62. The van der Waals surface area contributed by atoms with Crippen molar-refractivity contribution in [2.75, 3.05) is 32.7 Å². The van der Waals surface area contributed by atoms with E-state index in [2.05, 4.69) is 59.2 Å². The van der Waals surface area contributed by atoms with Crippen molar-refractivity contribution in [3.8, 4) is 0 Å². The largest absolute Gasteiger partial charge is 0.350 e. The predicted octanol–water partition coefficient (Wildman–Crippen LogP) is 3.04. The van der Waals surface area contributed by atoms with E-state index >= 15 is 0 Å². The monoisotopic (exact) mass is 299 g/mol. The van der Waals surface area contributed by atoms with Gasteiger partial charge in [-0.3, -0.25) is 0 Å². The van der Waals surface area contributed by atoms with Gasteiger partial charge in [-0.25, -0.2) is 0 Å². The third-order valence-electron chi connectivity index (χ3n) is 5.10. The number of benzene rings is 1. The third kappa shape index (κ3) is 3.53. The smallest absolute Gasteiger partial charge is 0.0480 e. The van der Waals surface area contributed by atoms with Crippen molar-refractivity contribution < 1.29 is 0 Å². The van der Waals surface area contributed by atoms with Gasteiger partial charge in [-0.15, -0.1) is 0 Å². The number of nitrogens with zero attached hydrogens (tertiary/aromatic N) is 2. The predicted molar refractivity (Wildman–Crippen MR) is 94.3 cm³/mol. The van der Waals surface area contributed by atoms with Crippen molar-refractivity contribution >= 4 is 10.9 Å². The van der Waals surface area contributed by atoms with Crippen LogP contribution in [0.15, 0.2) is 30.5 Å². The maximum absolute atomic E-state index is 3.47. The summed E-state index contributed by atoms with van der Waals surface area (Å²) in [4.78, 5) is 2.64. The second kappa shape index (κ2) is 7.30. The zero-order chi connectivity index (χ0) is 15.4. The molecule has 0 bridgehead atoms. The number of aromatic nitrogens is 1. The summed E-state index contributed by atoms with van der Waals surface area (Å²) < 4.78 is 2.26. The zero-order valence-electron chi connectivity index (χ0n) is 14.0. The van der Waals surface area contributed by atoms with Crippen LogP contribution >= 0.6 is 0 Å². The summed E-state index contributed by atoms with van der Waals surface area (Å²) in [6.45, 7) is 8.30. The maximum Gasteiger partial charge on any atom is 0.0480 e. The van der Waals surface area contributed by atoms with E-state index in [0.29, 0.717) is 0 Å². The summed E-state index contributed by atoms with van der Waals surface area (Å²) in [6.07, 6.45) is 6.14. The van der Waals surface area contributed by atoms with Gasteiger partial charge >= 0.3 is 0 Å². The zero-order valence-corrected chi connectivity index (χ0v) is 14.0. The lowest BCUT2D eigenvalue weighted by molar-refractivity contribution is 0.216. The Labute approximate surface area is 134 Å². The van der Waals surface area contributed by atoms with Crippen LogP contribution in [0.4, 0.5) is 0 Å². The van der Waals surface area contributed by atoms with Crippen LogP contribution in [0.5, 0.6) is 0 Å². The highest BCUT2D eigenvalue weighted by Crippen LogP contribution is 2.21. The molecule has 120 valence electrons. The summed E-state index contributed by atoms with van der Waals surface area (Å²) in [6, 6.07) is 8.75. The van der Waals surface area contributed by atoms with Crippen LogP contribution in [0.3, 0.4) is 0 Å². The topological polar surface area (TPSA) is 20.2 Å². The molecule has 1 fully saturated rings. The highest BCUT2D eigenvalue weighted by Gasteiger charge is 2.16. The van der Waals surface area contributed by atoms with Crippen molar-refractivity contribution in [1.82, 2.24) is 14.8 Å². The summed E-state index contributed by atoms with van der Waals surface area (Å²) in [5.74, 6) is 0.883. The number of hydrogen-bond donors (Lipinski definition) is 1. The SMILES string of the molecule is CCN(CCc1cn(C)c2ccccc12)CC1CCNCC1. The number of aryl methyl sites for hydroxylation is 1. The van der Waals surface area contributed by atoms with E-state index in [0.717, 1.165) is 18.9 Å². The number of hydrogen-bond acceptors (Lipinski definition) is 2. The minimum Gasteiger partial charge on any atom is -0.350 e. The van der Waals surface area contributed by atoms with Crippen LogP contribution < -0.4 is 5.32 Å². The minimum atomic E-state index is 0.883. The van der Waals surface area contributed by atoms with Gasteiger partial charge in [-0.05, 0) is 56.4 Å². The van der Waals surface area contributed by atoms with Crippen molar-refractivity contribution in [3.63, 3.8) is 0 Å². The first-order valence-corrected chi connectivity index (χ1v) is 8.74. The summed E-state index contributed by atoms with van der Waals surface area (Å²) in [5.41, 5.74) is 2.83. The Morgan fingerprint density at radius 2 is 2.00 bits per heavy atom. The van der Waals surface area contributed by atoms with Gasteiger partial charge in [0.15, 0.2) is 0 Å². The Morgan fingerprint density at radius 3 is 2.77 bits per heavy atom. The first-order valence-electron chi connectivity index (χ1n) is 8.74. The molecule has 1 aromatic heterocycles. The molecule has 1 aliphatic rings. The average molecular weight is 299 g/mol. The molecule has 0 atom stereocenters. The Balaban J connectivity index is 1.61. The van der Waals surface area contributed by atoms with Gasteiger partial charge in [0.1, 0.15) is 0 Å². The normalized spacial score (nSPS) is 16.7. The van der Waals surface area contributed by atoms with E-state index in [4.69, 9.17) is 0 Å². The van der Waals surface area contributed by atoms with Gasteiger partial charge in [0, 0.05) is 37.2 Å². The lowest BCUT2D eigenvalue weighted by Crippen LogP contribution is -2.37. The molecule has 0 aliphatic carbocycles. The van der Waals surface area contributed by atoms with Crippen molar-refractivity contribution in [2.45, 2.75) is 26.2 Å². The van der Waals surface area contributed by atoms with Crippen molar-refractivity contribution in [3.05, 3.63) is 36.0 Å². The standard InChI is InChI=1S/C19H29N3/c1-3-22(14-16-8-11-20-12-9-16)13-10-17-15-21(2)19-7-5-4-6-18(17)19/h4-7,15-16,20H,3,8-14H2,1-2H3. The van der Waals surface area contributed by atoms with Crippen LogP contribution in [0.1, 0.15) is 25.3 Å². The van der Waals surface area contributed by atoms with Crippen LogP contribution in [0.25, 0.3) is 10.9 Å². The molecule has 2 heterocycles. The minimum absolute atomic E-state index is 0.883. The van der Waals surface area contributed by atoms with Crippen LogP contribution in [-0.2, 0) is 13.5 Å². The number of para-hydroxylation sites is 1. The molecular formula is C19H29N3. The first-order chi connectivity index (χ1) is 10.8.